The monoisotopic (exact) mass is 212 g/mol. The van der Waals surface area contributed by atoms with Gasteiger partial charge in [0, 0.05) is 0 Å². The standard InChI is InChI=1S/C9H9ClN2O2/c10-7-2-1-3-8(11-7)12-5-6(13)4-9(12)14/h1-3,6,13H,4-5H2. The van der Waals surface area contributed by atoms with Crippen molar-refractivity contribution in [1.82, 2.24) is 4.98 Å². The second-order valence-corrected chi connectivity index (χ2v) is 3.57. The summed E-state index contributed by atoms with van der Waals surface area (Å²) in [4.78, 5) is 16.8. The number of aliphatic hydroxyl groups is 1. The molecular formula is C9H9ClN2O2. The largest absolute Gasteiger partial charge is 0.391 e. The fourth-order valence-corrected chi connectivity index (χ4v) is 1.62. The van der Waals surface area contributed by atoms with Crippen LogP contribution in [0.25, 0.3) is 0 Å². The molecule has 5 heteroatoms. The van der Waals surface area contributed by atoms with E-state index < -0.39 is 6.10 Å². The first kappa shape index (κ1) is 9.43. The van der Waals surface area contributed by atoms with Crippen LogP contribution < -0.4 is 4.90 Å². The van der Waals surface area contributed by atoms with Crippen molar-refractivity contribution in [2.24, 2.45) is 0 Å². The van der Waals surface area contributed by atoms with E-state index in [0.29, 0.717) is 17.5 Å². The van der Waals surface area contributed by atoms with Crippen LogP contribution in [0.3, 0.4) is 0 Å². The van der Waals surface area contributed by atoms with Crippen molar-refractivity contribution >= 4 is 23.3 Å². The van der Waals surface area contributed by atoms with Gasteiger partial charge in [-0.2, -0.15) is 0 Å². The first-order chi connectivity index (χ1) is 6.66. The average Bonchev–Trinajstić information content (AvgIpc) is 2.45. The first-order valence-electron chi connectivity index (χ1n) is 4.28. The number of carbonyl (C=O) groups excluding carboxylic acids is 1. The molecule has 0 radical (unpaired) electrons. The van der Waals surface area contributed by atoms with Crippen LogP contribution in [0.1, 0.15) is 6.42 Å². The number of hydrogen-bond donors (Lipinski definition) is 1. The van der Waals surface area contributed by atoms with Crippen LogP contribution in [0.15, 0.2) is 18.2 Å². The minimum atomic E-state index is -0.594. The number of aliphatic hydroxyl groups excluding tert-OH is 1. The van der Waals surface area contributed by atoms with Crippen molar-refractivity contribution < 1.29 is 9.90 Å². The van der Waals surface area contributed by atoms with Gasteiger partial charge in [-0.1, -0.05) is 17.7 Å². The lowest BCUT2D eigenvalue weighted by Gasteiger charge is -2.14. The van der Waals surface area contributed by atoms with E-state index in [2.05, 4.69) is 4.98 Å². The van der Waals surface area contributed by atoms with Crippen LogP contribution in [-0.4, -0.2) is 28.6 Å². The molecule has 0 bridgehead atoms. The molecule has 1 amide bonds. The van der Waals surface area contributed by atoms with E-state index in [0.717, 1.165) is 0 Å². The van der Waals surface area contributed by atoms with Gasteiger partial charge in [0.2, 0.25) is 5.91 Å². The Morgan fingerprint density at radius 2 is 2.36 bits per heavy atom. The zero-order valence-corrected chi connectivity index (χ0v) is 8.11. The summed E-state index contributed by atoms with van der Waals surface area (Å²) in [5.41, 5.74) is 0. The molecule has 2 rings (SSSR count). The Morgan fingerprint density at radius 3 is 2.93 bits per heavy atom. The van der Waals surface area contributed by atoms with Crippen molar-refractivity contribution in [3.8, 4) is 0 Å². The van der Waals surface area contributed by atoms with Gasteiger partial charge in [-0.15, -0.1) is 0 Å². The molecule has 1 aliphatic rings. The SMILES string of the molecule is O=C1CC(O)CN1c1cccc(Cl)n1. The normalized spacial score (nSPS) is 21.7. The lowest BCUT2D eigenvalue weighted by atomic mass is 10.3. The maximum atomic E-state index is 11.4. The molecule has 14 heavy (non-hydrogen) atoms. The zero-order chi connectivity index (χ0) is 10.1. The number of rotatable bonds is 1. The van der Waals surface area contributed by atoms with Gasteiger partial charge in [0.1, 0.15) is 11.0 Å². The lowest BCUT2D eigenvalue weighted by molar-refractivity contribution is -0.117. The van der Waals surface area contributed by atoms with Crippen LogP contribution in [0, 0.1) is 0 Å². The maximum Gasteiger partial charge on any atom is 0.230 e. The number of hydrogen-bond acceptors (Lipinski definition) is 3. The number of anilines is 1. The summed E-state index contributed by atoms with van der Waals surface area (Å²) in [6.07, 6.45) is -0.433. The summed E-state index contributed by atoms with van der Waals surface area (Å²) in [6.45, 7) is 0.298. The number of β-amino-alcohol motifs (C(OH)–C–C–N with tert-alkyl or cyclic N) is 1. The van der Waals surface area contributed by atoms with E-state index in [-0.39, 0.29) is 12.3 Å². The summed E-state index contributed by atoms with van der Waals surface area (Å²) in [5.74, 6) is 0.381. The van der Waals surface area contributed by atoms with Gasteiger partial charge in [0.05, 0.1) is 19.1 Å². The Kier molecular flexibility index (Phi) is 2.39. The molecule has 1 saturated heterocycles. The molecule has 1 fully saturated rings. The third-order valence-electron chi connectivity index (χ3n) is 2.08. The Hall–Kier alpha value is -1.13. The molecule has 0 spiro atoms. The fraction of sp³-hybridized carbons (Fsp3) is 0.333. The van der Waals surface area contributed by atoms with E-state index in [1.165, 1.54) is 4.90 Å². The first-order valence-corrected chi connectivity index (χ1v) is 4.65. The third kappa shape index (κ3) is 1.71. The maximum absolute atomic E-state index is 11.4. The molecular weight excluding hydrogens is 204 g/mol. The molecule has 74 valence electrons. The molecule has 1 N–H and O–H groups in total. The van der Waals surface area contributed by atoms with E-state index in [4.69, 9.17) is 11.6 Å². The van der Waals surface area contributed by atoms with E-state index in [9.17, 15) is 9.90 Å². The van der Waals surface area contributed by atoms with Crippen LogP contribution in [0.2, 0.25) is 5.15 Å². The number of aromatic nitrogens is 1. The predicted molar refractivity (Wildman–Crippen MR) is 52.2 cm³/mol. The second-order valence-electron chi connectivity index (χ2n) is 3.18. The molecule has 0 aliphatic carbocycles. The Morgan fingerprint density at radius 1 is 1.57 bits per heavy atom. The zero-order valence-electron chi connectivity index (χ0n) is 7.35. The summed E-state index contributed by atoms with van der Waals surface area (Å²) >= 11 is 5.70. The Bertz CT molecular complexity index is 370. The van der Waals surface area contributed by atoms with Gasteiger partial charge in [-0.05, 0) is 12.1 Å². The number of halogens is 1. The number of nitrogens with zero attached hydrogens (tertiary/aromatic N) is 2. The van der Waals surface area contributed by atoms with Crippen LogP contribution >= 0.6 is 11.6 Å². The number of pyridine rings is 1. The summed E-state index contributed by atoms with van der Waals surface area (Å²) < 4.78 is 0. The fourth-order valence-electron chi connectivity index (χ4n) is 1.46. The summed E-state index contributed by atoms with van der Waals surface area (Å²) in [7, 11) is 0. The third-order valence-corrected chi connectivity index (χ3v) is 2.29. The second kappa shape index (κ2) is 3.55. The molecule has 1 aliphatic heterocycles. The summed E-state index contributed by atoms with van der Waals surface area (Å²) in [6, 6.07) is 5.06. The van der Waals surface area contributed by atoms with Crippen LogP contribution in [0.5, 0.6) is 0 Å². The molecule has 0 aromatic carbocycles. The van der Waals surface area contributed by atoms with Crippen molar-refractivity contribution in [3.05, 3.63) is 23.4 Å². The van der Waals surface area contributed by atoms with Crippen molar-refractivity contribution in [2.45, 2.75) is 12.5 Å². The molecule has 2 heterocycles. The highest BCUT2D eigenvalue weighted by molar-refractivity contribution is 6.29. The van der Waals surface area contributed by atoms with Gasteiger partial charge in [0.15, 0.2) is 0 Å². The van der Waals surface area contributed by atoms with Crippen molar-refractivity contribution in [1.29, 1.82) is 0 Å². The van der Waals surface area contributed by atoms with Gasteiger partial charge in [0.25, 0.3) is 0 Å². The van der Waals surface area contributed by atoms with Gasteiger partial charge >= 0.3 is 0 Å². The highest BCUT2D eigenvalue weighted by Crippen LogP contribution is 2.20. The van der Waals surface area contributed by atoms with Gasteiger partial charge in [-0.3, -0.25) is 9.69 Å². The smallest absolute Gasteiger partial charge is 0.230 e. The topological polar surface area (TPSA) is 53.4 Å². The van der Waals surface area contributed by atoms with Gasteiger partial charge in [-0.25, -0.2) is 4.98 Å². The predicted octanol–water partition coefficient (Wildman–Crippen LogP) is 0.833. The lowest BCUT2D eigenvalue weighted by Crippen LogP contribution is -2.26. The van der Waals surface area contributed by atoms with Crippen LogP contribution in [0.4, 0.5) is 5.82 Å². The summed E-state index contributed by atoms with van der Waals surface area (Å²) in [5, 5.41) is 9.62. The number of amides is 1. The Labute approximate surface area is 86.1 Å². The Balaban J connectivity index is 2.27. The quantitative estimate of drug-likeness (QED) is 0.702. The molecule has 1 aromatic rings. The minimum Gasteiger partial charge on any atom is -0.391 e. The molecule has 1 atom stereocenters. The molecule has 1 unspecified atom stereocenters. The van der Waals surface area contributed by atoms with Crippen molar-refractivity contribution in [2.75, 3.05) is 11.4 Å². The highest BCUT2D eigenvalue weighted by Gasteiger charge is 2.29. The molecule has 4 nitrogen and oxygen atoms in total. The highest BCUT2D eigenvalue weighted by atomic mass is 35.5. The number of carbonyl (C=O) groups is 1. The van der Waals surface area contributed by atoms with E-state index in [1.54, 1.807) is 18.2 Å². The van der Waals surface area contributed by atoms with Gasteiger partial charge < -0.3 is 5.11 Å². The van der Waals surface area contributed by atoms with Crippen molar-refractivity contribution in [3.63, 3.8) is 0 Å². The average molecular weight is 213 g/mol. The van der Waals surface area contributed by atoms with E-state index in [1.807, 2.05) is 0 Å². The minimum absolute atomic E-state index is 0.118. The molecule has 1 aromatic heterocycles. The van der Waals surface area contributed by atoms with E-state index >= 15 is 0 Å². The molecule has 0 saturated carbocycles. The van der Waals surface area contributed by atoms with Crippen LogP contribution in [-0.2, 0) is 4.79 Å².